The summed E-state index contributed by atoms with van der Waals surface area (Å²) in [7, 11) is -3.98. The summed E-state index contributed by atoms with van der Waals surface area (Å²) in [6.07, 6.45) is 0.766. The average Bonchev–Trinajstić information content (AvgIpc) is 2.65. The summed E-state index contributed by atoms with van der Waals surface area (Å²) in [5, 5.41) is 5.29. The predicted molar refractivity (Wildman–Crippen MR) is 100 cm³/mol. The third-order valence-electron chi connectivity index (χ3n) is 3.85. The summed E-state index contributed by atoms with van der Waals surface area (Å²) in [6.45, 7) is 2.30. The van der Waals surface area contributed by atoms with E-state index in [2.05, 4.69) is 15.4 Å². The SMILES string of the molecule is CCCNC(=O)c1ccccc1NS(=O)(=O)c1ccc2c(c1)NC(=O)CO2. The number of nitrogens with one attached hydrogen (secondary N) is 3. The number of benzene rings is 2. The van der Waals surface area contributed by atoms with Gasteiger partial charge in [0.25, 0.3) is 21.8 Å². The van der Waals surface area contributed by atoms with Crippen LogP contribution in [-0.2, 0) is 14.8 Å². The highest BCUT2D eigenvalue weighted by Crippen LogP contribution is 2.31. The zero-order valence-corrected chi connectivity index (χ0v) is 15.4. The van der Waals surface area contributed by atoms with Crippen LogP contribution >= 0.6 is 0 Å². The van der Waals surface area contributed by atoms with E-state index in [-0.39, 0.29) is 40.3 Å². The first-order valence-electron chi connectivity index (χ1n) is 8.37. The van der Waals surface area contributed by atoms with Crippen LogP contribution in [0.2, 0.25) is 0 Å². The van der Waals surface area contributed by atoms with Gasteiger partial charge in [-0.25, -0.2) is 8.42 Å². The lowest BCUT2D eigenvalue weighted by molar-refractivity contribution is -0.118. The lowest BCUT2D eigenvalue weighted by Gasteiger charge is -2.19. The number of amides is 2. The molecule has 0 radical (unpaired) electrons. The van der Waals surface area contributed by atoms with Gasteiger partial charge < -0.3 is 15.4 Å². The van der Waals surface area contributed by atoms with Crippen molar-refractivity contribution in [2.24, 2.45) is 0 Å². The van der Waals surface area contributed by atoms with Gasteiger partial charge in [-0.15, -0.1) is 0 Å². The molecule has 142 valence electrons. The lowest BCUT2D eigenvalue weighted by atomic mass is 10.1. The molecule has 1 aliphatic heterocycles. The van der Waals surface area contributed by atoms with E-state index in [0.29, 0.717) is 12.3 Å². The Bertz CT molecular complexity index is 988. The molecule has 2 amide bonds. The van der Waals surface area contributed by atoms with Crippen LogP contribution in [0.5, 0.6) is 5.75 Å². The van der Waals surface area contributed by atoms with Gasteiger partial charge in [-0.2, -0.15) is 0 Å². The molecular weight excluding hydrogens is 370 g/mol. The molecule has 0 atom stereocenters. The topological polar surface area (TPSA) is 114 Å². The Labute approximate surface area is 157 Å². The molecule has 0 saturated heterocycles. The van der Waals surface area contributed by atoms with Crippen molar-refractivity contribution in [3.8, 4) is 5.75 Å². The van der Waals surface area contributed by atoms with Gasteiger partial charge in [-0.3, -0.25) is 14.3 Å². The molecule has 0 bridgehead atoms. The van der Waals surface area contributed by atoms with E-state index < -0.39 is 10.0 Å². The van der Waals surface area contributed by atoms with Gasteiger partial charge in [0.1, 0.15) is 5.75 Å². The zero-order valence-electron chi connectivity index (χ0n) is 14.6. The Morgan fingerprint density at radius 1 is 1.22 bits per heavy atom. The van der Waals surface area contributed by atoms with E-state index in [0.717, 1.165) is 6.42 Å². The van der Waals surface area contributed by atoms with Gasteiger partial charge >= 0.3 is 0 Å². The molecule has 0 saturated carbocycles. The van der Waals surface area contributed by atoms with Gasteiger partial charge in [0.15, 0.2) is 6.61 Å². The summed E-state index contributed by atoms with van der Waals surface area (Å²) in [6, 6.07) is 10.5. The first-order chi connectivity index (χ1) is 12.9. The van der Waals surface area contributed by atoms with E-state index in [4.69, 9.17) is 4.74 Å². The number of carbonyl (C=O) groups excluding carboxylic acids is 2. The Kier molecular flexibility index (Phi) is 5.31. The Hall–Kier alpha value is -3.07. The second-order valence-electron chi connectivity index (χ2n) is 5.90. The maximum Gasteiger partial charge on any atom is 0.262 e. The molecule has 27 heavy (non-hydrogen) atoms. The highest BCUT2D eigenvalue weighted by Gasteiger charge is 2.22. The second-order valence-corrected chi connectivity index (χ2v) is 7.58. The number of carbonyl (C=O) groups is 2. The van der Waals surface area contributed by atoms with E-state index >= 15 is 0 Å². The minimum absolute atomic E-state index is 0.0594. The van der Waals surface area contributed by atoms with Crippen LogP contribution in [0.1, 0.15) is 23.7 Å². The summed E-state index contributed by atoms with van der Waals surface area (Å²) in [4.78, 5) is 23.6. The lowest BCUT2D eigenvalue weighted by Crippen LogP contribution is -2.26. The number of rotatable bonds is 6. The quantitative estimate of drug-likeness (QED) is 0.699. The second kappa shape index (κ2) is 7.67. The van der Waals surface area contributed by atoms with Gasteiger partial charge in [0.2, 0.25) is 0 Å². The third-order valence-corrected chi connectivity index (χ3v) is 5.21. The molecule has 0 fully saturated rings. The van der Waals surface area contributed by atoms with Crippen molar-refractivity contribution in [2.45, 2.75) is 18.2 Å². The van der Waals surface area contributed by atoms with Crippen molar-refractivity contribution < 1.29 is 22.7 Å². The van der Waals surface area contributed by atoms with Crippen molar-refractivity contribution >= 4 is 33.2 Å². The molecule has 0 aromatic heterocycles. The van der Waals surface area contributed by atoms with Crippen LogP contribution in [0.4, 0.5) is 11.4 Å². The molecule has 2 aromatic rings. The summed E-state index contributed by atoms with van der Waals surface area (Å²) in [5.41, 5.74) is 0.677. The Morgan fingerprint density at radius 2 is 2.00 bits per heavy atom. The molecule has 1 heterocycles. The molecular formula is C18H19N3O5S. The van der Waals surface area contributed by atoms with Crippen LogP contribution in [0.3, 0.4) is 0 Å². The van der Waals surface area contributed by atoms with E-state index in [1.54, 1.807) is 18.2 Å². The molecule has 3 rings (SSSR count). The maximum absolute atomic E-state index is 12.8. The number of sulfonamides is 1. The highest BCUT2D eigenvalue weighted by molar-refractivity contribution is 7.92. The molecule has 1 aliphatic rings. The third kappa shape index (κ3) is 4.20. The van der Waals surface area contributed by atoms with Crippen molar-refractivity contribution in [2.75, 3.05) is 23.2 Å². The first kappa shape index (κ1) is 18.7. The number of anilines is 2. The predicted octanol–water partition coefficient (Wildman–Crippen LogP) is 1.96. The molecule has 8 nitrogen and oxygen atoms in total. The van der Waals surface area contributed by atoms with Gasteiger partial charge in [0.05, 0.1) is 21.8 Å². The van der Waals surface area contributed by atoms with Crippen LogP contribution in [0.15, 0.2) is 47.4 Å². The molecule has 0 aliphatic carbocycles. The fourth-order valence-electron chi connectivity index (χ4n) is 2.54. The van der Waals surface area contributed by atoms with E-state index in [1.807, 2.05) is 6.92 Å². The van der Waals surface area contributed by atoms with E-state index in [9.17, 15) is 18.0 Å². The summed E-state index contributed by atoms with van der Waals surface area (Å²) < 4.78 is 33.2. The van der Waals surface area contributed by atoms with Gasteiger partial charge in [-0.1, -0.05) is 19.1 Å². The number of ether oxygens (including phenoxy) is 1. The Balaban J connectivity index is 1.89. The van der Waals surface area contributed by atoms with Crippen molar-refractivity contribution in [1.29, 1.82) is 0 Å². The molecule has 0 spiro atoms. The Morgan fingerprint density at radius 3 is 2.78 bits per heavy atom. The number of para-hydroxylation sites is 1. The van der Waals surface area contributed by atoms with Crippen LogP contribution < -0.4 is 20.1 Å². The van der Waals surface area contributed by atoms with Crippen LogP contribution in [0.25, 0.3) is 0 Å². The smallest absolute Gasteiger partial charge is 0.262 e. The highest BCUT2D eigenvalue weighted by atomic mass is 32.2. The number of hydrogen-bond acceptors (Lipinski definition) is 5. The van der Waals surface area contributed by atoms with Gasteiger partial charge in [-0.05, 0) is 36.8 Å². The van der Waals surface area contributed by atoms with Gasteiger partial charge in [0, 0.05) is 6.54 Å². The molecule has 2 aromatic carbocycles. The molecule has 3 N–H and O–H groups in total. The summed E-state index contributed by atoms with van der Waals surface area (Å²) in [5.74, 6) is -0.322. The first-order valence-corrected chi connectivity index (χ1v) is 9.86. The standard InChI is InChI=1S/C18H19N3O5S/c1-2-9-19-18(23)13-5-3-4-6-14(13)21-27(24,25)12-7-8-16-15(10-12)20-17(22)11-26-16/h3-8,10,21H,2,9,11H2,1H3,(H,19,23)(H,20,22). The van der Waals surface area contributed by atoms with Crippen LogP contribution in [0, 0.1) is 0 Å². The van der Waals surface area contributed by atoms with Crippen LogP contribution in [-0.4, -0.2) is 33.4 Å². The fraction of sp³-hybridized carbons (Fsp3) is 0.222. The largest absolute Gasteiger partial charge is 0.482 e. The van der Waals surface area contributed by atoms with E-state index in [1.165, 1.54) is 24.3 Å². The minimum Gasteiger partial charge on any atom is -0.482 e. The van der Waals surface area contributed by atoms with Crippen molar-refractivity contribution in [1.82, 2.24) is 5.32 Å². The fourth-order valence-corrected chi connectivity index (χ4v) is 3.64. The normalized spacial score (nSPS) is 13.1. The number of hydrogen-bond donors (Lipinski definition) is 3. The average molecular weight is 389 g/mol. The van der Waals surface area contributed by atoms with Crippen molar-refractivity contribution in [3.05, 3.63) is 48.0 Å². The van der Waals surface area contributed by atoms with Crippen molar-refractivity contribution in [3.63, 3.8) is 0 Å². The monoisotopic (exact) mass is 389 g/mol. The summed E-state index contributed by atoms with van der Waals surface area (Å²) >= 11 is 0. The molecule has 9 heteroatoms. The zero-order chi connectivity index (χ0) is 19.4. The number of fused-ring (bicyclic) bond motifs is 1. The molecule has 0 unspecified atom stereocenters. The maximum atomic E-state index is 12.8. The minimum atomic E-state index is -3.98.